The molecule has 3 atom stereocenters. The largest absolute Gasteiger partial charge is 0.354 e. The summed E-state index contributed by atoms with van der Waals surface area (Å²) in [7, 11) is 0. The van der Waals surface area contributed by atoms with Crippen LogP contribution in [0.2, 0.25) is 5.02 Å². The molecule has 1 heterocycles. The molecule has 4 nitrogen and oxygen atoms in total. The van der Waals surface area contributed by atoms with Gasteiger partial charge in [0.1, 0.15) is 0 Å². The van der Waals surface area contributed by atoms with E-state index in [-0.39, 0.29) is 23.9 Å². The second-order valence-corrected chi connectivity index (χ2v) is 7.27. The van der Waals surface area contributed by atoms with Gasteiger partial charge in [0.15, 0.2) is 0 Å². The van der Waals surface area contributed by atoms with Crippen molar-refractivity contribution >= 4 is 17.5 Å². The minimum atomic E-state index is 0.0867. The van der Waals surface area contributed by atoms with Crippen molar-refractivity contribution in [2.24, 2.45) is 11.7 Å². The highest BCUT2D eigenvalue weighted by atomic mass is 35.5. The van der Waals surface area contributed by atoms with Crippen LogP contribution in [-0.4, -0.2) is 36.5 Å². The highest BCUT2D eigenvalue weighted by Gasteiger charge is 2.29. The number of halogens is 1. The number of amides is 1. The minimum absolute atomic E-state index is 0.0867. The molecule has 126 valence electrons. The maximum atomic E-state index is 12.4. The molecule has 2 aliphatic rings. The van der Waals surface area contributed by atoms with Gasteiger partial charge in [-0.1, -0.05) is 23.7 Å². The first-order valence-electron chi connectivity index (χ1n) is 8.66. The molecule has 0 bridgehead atoms. The van der Waals surface area contributed by atoms with Gasteiger partial charge in [-0.05, 0) is 62.9 Å². The van der Waals surface area contributed by atoms with E-state index in [0.717, 1.165) is 37.4 Å². The summed E-state index contributed by atoms with van der Waals surface area (Å²) in [5, 5.41) is 3.91. The zero-order chi connectivity index (χ0) is 16.2. The van der Waals surface area contributed by atoms with Gasteiger partial charge in [0.05, 0.1) is 6.04 Å². The van der Waals surface area contributed by atoms with Crippen molar-refractivity contribution in [1.29, 1.82) is 0 Å². The zero-order valence-electron chi connectivity index (χ0n) is 13.5. The van der Waals surface area contributed by atoms with Crippen LogP contribution in [-0.2, 0) is 4.79 Å². The lowest BCUT2D eigenvalue weighted by atomic mass is 10.0. The number of hydrogen-bond acceptors (Lipinski definition) is 3. The molecule has 2 fully saturated rings. The fraction of sp³-hybridized carbons (Fsp3) is 0.611. The molecule has 3 unspecified atom stereocenters. The SMILES string of the molecule is NC1CCC(C(=O)NCC(c2cccc(Cl)c2)N2CCCC2)C1. The van der Waals surface area contributed by atoms with Crippen LogP contribution >= 0.6 is 11.6 Å². The third-order valence-electron chi connectivity index (χ3n) is 5.13. The Balaban J connectivity index is 1.65. The molecule has 3 N–H and O–H groups in total. The number of likely N-dealkylation sites (tertiary alicyclic amines) is 1. The highest BCUT2D eigenvalue weighted by Crippen LogP contribution is 2.28. The number of nitrogens with one attached hydrogen (secondary N) is 1. The van der Waals surface area contributed by atoms with E-state index in [1.807, 2.05) is 18.2 Å². The summed E-state index contributed by atoms with van der Waals surface area (Å²) in [6, 6.07) is 8.39. The van der Waals surface area contributed by atoms with Crippen molar-refractivity contribution in [3.05, 3.63) is 34.9 Å². The van der Waals surface area contributed by atoms with Gasteiger partial charge in [-0.15, -0.1) is 0 Å². The summed E-state index contributed by atoms with van der Waals surface area (Å²) in [5.74, 6) is 0.243. The van der Waals surface area contributed by atoms with Gasteiger partial charge in [0, 0.05) is 23.5 Å². The fourth-order valence-electron chi connectivity index (χ4n) is 3.82. The molecule has 1 aromatic carbocycles. The van der Waals surface area contributed by atoms with Crippen LogP contribution in [0.1, 0.15) is 43.7 Å². The second-order valence-electron chi connectivity index (χ2n) is 6.83. The van der Waals surface area contributed by atoms with Crippen LogP contribution in [0, 0.1) is 5.92 Å². The van der Waals surface area contributed by atoms with Crippen molar-refractivity contribution in [3.63, 3.8) is 0 Å². The number of rotatable bonds is 5. The normalized spacial score (nSPS) is 26.3. The Bertz CT molecular complexity index is 545. The summed E-state index contributed by atoms with van der Waals surface area (Å²) < 4.78 is 0. The number of nitrogens with two attached hydrogens (primary N) is 1. The maximum Gasteiger partial charge on any atom is 0.223 e. The van der Waals surface area contributed by atoms with E-state index in [1.165, 1.54) is 18.4 Å². The molecule has 1 saturated carbocycles. The molecule has 1 amide bonds. The monoisotopic (exact) mass is 335 g/mol. The third kappa shape index (κ3) is 4.25. The average molecular weight is 336 g/mol. The molecule has 0 radical (unpaired) electrons. The first-order chi connectivity index (χ1) is 11.1. The molecule has 3 rings (SSSR count). The van der Waals surface area contributed by atoms with Gasteiger partial charge in [0.2, 0.25) is 5.91 Å². The van der Waals surface area contributed by atoms with E-state index in [1.54, 1.807) is 0 Å². The molecule has 1 saturated heterocycles. The van der Waals surface area contributed by atoms with Crippen LogP contribution in [0.15, 0.2) is 24.3 Å². The van der Waals surface area contributed by atoms with Crippen LogP contribution in [0.3, 0.4) is 0 Å². The lowest BCUT2D eigenvalue weighted by Crippen LogP contribution is -2.39. The van der Waals surface area contributed by atoms with Crippen molar-refractivity contribution in [2.45, 2.75) is 44.2 Å². The Hall–Kier alpha value is -1.10. The van der Waals surface area contributed by atoms with Crippen LogP contribution in [0.5, 0.6) is 0 Å². The number of benzene rings is 1. The van der Waals surface area contributed by atoms with Gasteiger partial charge in [-0.3, -0.25) is 9.69 Å². The van der Waals surface area contributed by atoms with Gasteiger partial charge in [-0.25, -0.2) is 0 Å². The minimum Gasteiger partial charge on any atom is -0.354 e. The number of nitrogens with zero attached hydrogens (tertiary/aromatic N) is 1. The number of carbonyl (C=O) groups is 1. The van der Waals surface area contributed by atoms with Gasteiger partial charge in [0.25, 0.3) is 0 Å². The van der Waals surface area contributed by atoms with E-state index < -0.39 is 0 Å². The zero-order valence-corrected chi connectivity index (χ0v) is 14.3. The predicted molar refractivity (Wildman–Crippen MR) is 93.3 cm³/mol. The van der Waals surface area contributed by atoms with E-state index in [4.69, 9.17) is 17.3 Å². The van der Waals surface area contributed by atoms with Crippen LogP contribution in [0.25, 0.3) is 0 Å². The van der Waals surface area contributed by atoms with E-state index in [2.05, 4.69) is 16.3 Å². The third-order valence-corrected chi connectivity index (χ3v) is 5.36. The molecule has 0 aromatic heterocycles. The molecular formula is C18H26ClN3O. The summed E-state index contributed by atoms with van der Waals surface area (Å²) in [6.45, 7) is 2.81. The molecule has 1 aliphatic heterocycles. The first kappa shape index (κ1) is 16.7. The number of carbonyl (C=O) groups excluding carboxylic acids is 1. The predicted octanol–water partition coefficient (Wildman–Crippen LogP) is 2.72. The fourth-order valence-corrected chi connectivity index (χ4v) is 4.02. The van der Waals surface area contributed by atoms with Gasteiger partial charge >= 0.3 is 0 Å². The molecular weight excluding hydrogens is 310 g/mol. The van der Waals surface area contributed by atoms with E-state index in [0.29, 0.717) is 6.54 Å². The smallest absolute Gasteiger partial charge is 0.223 e. The summed E-state index contributed by atoms with van der Waals surface area (Å²) in [4.78, 5) is 14.8. The van der Waals surface area contributed by atoms with Gasteiger partial charge in [-0.2, -0.15) is 0 Å². The molecule has 5 heteroatoms. The lowest BCUT2D eigenvalue weighted by Gasteiger charge is -2.28. The topological polar surface area (TPSA) is 58.4 Å². The number of hydrogen-bond donors (Lipinski definition) is 2. The van der Waals surface area contributed by atoms with Crippen molar-refractivity contribution in [3.8, 4) is 0 Å². The summed E-state index contributed by atoms with van der Waals surface area (Å²) >= 11 is 6.16. The van der Waals surface area contributed by atoms with E-state index in [9.17, 15) is 4.79 Å². The Kier molecular flexibility index (Phi) is 5.57. The molecule has 0 spiro atoms. The lowest BCUT2D eigenvalue weighted by molar-refractivity contribution is -0.125. The summed E-state index contributed by atoms with van der Waals surface area (Å²) in [5.41, 5.74) is 7.11. The van der Waals surface area contributed by atoms with Crippen molar-refractivity contribution in [1.82, 2.24) is 10.2 Å². The quantitative estimate of drug-likeness (QED) is 0.869. The van der Waals surface area contributed by atoms with Crippen molar-refractivity contribution in [2.75, 3.05) is 19.6 Å². The van der Waals surface area contributed by atoms with E-state index >= 15 is 0 Å². The Morgan fingerprint density at radius 2 is 2.13 bits per heavy atom. The average Bonchev–Trinajstić information content (AvgIpc) is 3.19. The van der Waals surface area contributed by atoms with Gasteiger partial charge < -0.3 is 11.1 Å². The highest BCUT2D eigenvalue weighted by molar-refractivity contribution is 6.30. The molecule has 23 heavy (non-hydrogen) atoms. The Labute approximate surface area is 143 Å². The van der Waals surface area contributed by atoms with Crippen LogP contribution in [0.4, 0.5) is 0 Å². The second kappa shape index (κ2) is 7.65. The Morgan fingerprint density at radius 3 is 2.78 bits per heavy atom. The van der Waals surface area contributed by atoms with Crippen LogP contribution < -0.4 is 11.1 Å². The molecule has 1 aromatic rings. The standard InChI is InChI=1S/C18H26ClN3O/c19-15-5-3-4-13(10-15)17(22-8-1-2-9-22)12-21-18(23)14-6-7-16(20)11-14/h3-5,10,14,16-17H,1-2,6-9,11-12,20H2,(H,21,23). The summed E-state index contributed by atoms with van der Waals surface area (Å²) in [6.07, 6.45) is 5.14. The maximum absolute atomic E-state index is 12.4. The first-order valence-corrected chi connectivity index (χ1v) is 9.04. The van der Waals surface area contributed by atoms with Crippen molar-refractivity contribution < 1.29 is 4.79 Å². The Morgan fingerprint density at radius 1 is 1.35 bits per heavy atom. The molecule has 1 aliphatic carbocycles.